The van der Waals surface area contributed by atoms with Crippen LogP contribution >= 0.6 is 0 Å². The number of hydrazine groups is 1. The summed E-state index contributed by atoms with van der Waals surface area (Å²) in [6.07, 6.45) is 1.54. The van der Waals surface area contributed by atoms with Crippen molar-refractivity contribution in [2.24, 2.45) is 16.6 Å². The van der Waals surface area contributed by atoms with Crippen LogP contribution in [0.2, 0.25) is 0 Å². The van der Waals surface area contributed by atoms with Gasteiger partial charge in [0.1, 0.15) is 12.4 Å². The van der Waals surface area contributed by atoms with Gasteiger partial charge in [0.25, 0.3) is 5.91 Å². The van der Waals surface area contributed by atoms with Gasteiger partial charge < -0.3 is 21.6 Å². The summed E-state index contributed by atoms with van der Waals surface area (Å²) >= 11 is 0. The van der Waals surface area contributed by atoms with Gasteiger partial charge in [-0.2, -0.15) is 0 Å². The number of carboxylic acid groups (broad SMARTS) is 1. The van der Waals surface area contributed by atoms with Crippen LogP contribution in [0.3, 0.4) is 0 Å². The number of amides is 1. The summed E-state index contributed by atoms with van der Waals surface area (Å²) in [5.41, 5.74) is 10.2. The monoisotopic (exact) mass is 341 g/mol. The third-order valence-corrected chi connectivity index (χ3v) is 3.38. The second kappa shape index (κ2) is 8.57. The minimum atomic E-state index is -1.05. The van der Waals surface area contributed by atoms with E-state index in [4.69, 9.17) is 16.7 Å². The number of hydrogen-bond acceptors (Lipinski definition) is 5. The summed E-state index contributed by atoms with van der Waals surface area (Å²) in [5.74, 6) is 3.78. The molecule has 25 heavy (non-hydrogen) atoms. The van der Waals surface area contributed by atoms with Gasteiger partial charge in [-0.3, -0.25) is 9.59 Å². The maximum absolute atomic E-state index is 12.3. The van der Waals surface area contributed by atoms with Gasteiger partial charge in [0.2, 0.25) is 0 Å². The van der Waals surface area contributed by atoms with E-state index in [1.807, 2.05) is 0 Å². The number of nitrogens with one attached hydrogen (secondary N) is 2. The van der Waals surface area contributed by atoms with Crippen LogP contribution in [0, 0.1) is 0 Å². The Balaban J connectivity index is 2.03. The van der Waals surface area contributed by atoms with Crippen molar-refractivity contribution in [3.8, 4) is 0 Å². The molecular weight excluding hydrogens is 322 g/mol. The Bertz CT molecular complexity index is 774. The molecule has 0 aliphatic heterocycles. The lowest BCUT2D eigenvalue weighted by Gasteiger charge is -2.09. The van der Waals surface area contributed by atoms with E-state index in [9.17, 15) is 9.59 Å². The van der Waals surface area contributed by atoms with Crippen molar-refractivity contribution in [1.29, 1.82) is 0 Å². The number of rotatable bonds is 7. The normalized spacial score (nSPS) is 11.9. The second-order valence-electron chi connectivity index (χ2n) is 5.28. The van der Waals surface area contributed by atoms with Crippen molar-refractivity contribution in [2.45, 2.75) is 12.5 Å². The molecule has 0 radical (unpaired) electrons. The minimum Gasteiger partial charge on any atom is -0.480 e. The predicted molar refractivity (Wildman–Crippen MR) is 95.6 cm³/mol. The van der Waals surface area contributed by atoms with Crippen LogP contribution in [0.25, 0.3) is 0 Å². The van der Waals surface area contributed by atoms with Crippen LogP contribution in [0.15, 0.2) is 53.5 Å². The minimum absolute atomic E-state index is 0.221. The van der Waals surface area contributed by atoms with E-state index in [1.165, 1.54) is 6.34 Å². The molecule has 8 heteroatoms. The molecule has 0 bridgehead atoms. The SMILES string of the molecule is NNC=Nc1cccc(C(=O)Nc2ccc(CC(N)C(=O)O)cc2)c1. The molecule has 2 rings (SSSR count). The first-order valence-corrected chi connectivity index (χ1v) is 7.47. The number of nitrogens with two attached hydrogens (primary N) is 2. The molecule has 0 saturated heterocycles. The highest BCUT2D eigenvalue weighted by atomic mass is 16.4. The topological polar surface area (TPSA) is 143 Å². The fourth-order valence-corrected chi connectivity index (χ4v) is 2.11. The summed E-state index contributed by atoms with van der Waals surface area (Å²) in [6.45, 7) is 0. The van der Waals surface area contributed by atoms with Crippen molar-refractivity contribution < 1.29 is 14.7 Å². The molecule has 1 unspecified atom stereocenters. The molecule has 7 N–H and O–H groups in total. The van der Waals surface area contributed by atoms with Crippen molar-refractivity contribution in [3.05, 3.63) is 59.7 Å². The Morgan fingerprint density at radius 3 is 2.56 bits per heavy atom. The summed E-state index contributed by atoms with van der Waals surface area (Å²) in [5, 5.41) is 11.6. The molecule has 0 aromatic heterocycles. The van der Waals surface area contributed by atoms with Crippen LogP contribution in [0.1, 0.15) is 15.9 Å². The van der Waals surface area contributed by atoms with E-state index >= 15 is 0 Å². The number of nitrogens with zero attached hydrogens (tertiary/aromatic N) is 1. The van der Waals surface area contributed by atoms with Crippen molar-refractivity contribution in [3.63, 3.8) is 0 Å². The molecule has 8 nitrogen and oxygen atoms in total. The molecule has 2 aromatic rings. The van der Waals surface area contributed by atoms with Crippen LogP contribution in [0.5, 0.6) is 0 Å². The maximum Gasteiger partial charge on any atom is 0.320 e. The largest absolute Gasteiger partial charge is 0.480 e. The molecule has 1 atom stereocenters. The smallest absolute Gasteiger partial charge is 0.320 e. The summed E-state index contributed by atoms with van der Waals surface area (Å²) < 4.78 is 0. The number of aliphatic imine (C=N–C) groups is 1. The van der Waals surface area contributed by atoms with E-state index < -0.39 is 12.0 Å². The van der Waals surface area contributed by atoms with Gasteiger partial charge in [0.05, 0.1) is 5.69 Å². The number of anilines is 1. The highest BCUT2D eigenvalue weighted by Crippen LogP contribution is 2.16. The molecule has 0 heterocycles. The molecule has 0 saturated carbocycles. The molecular formula is C17H19N5O3. The lowest BCUT2D eigenvalue weighted by molar-refractivity contribution is -0.138. The first-order chi connectivity index (χ1) is 12.0. The van der Waals surface area contributed by atoms with E-state index in [2.05, 4.69) is 15.7 Å². The van der Waals surface area contributed by atoms with Gasteiger partial charge in [0.15, 0.2) is 0 Å². The molecule has 0 fully saturated rings. The van der Waals surface area contributed by atoms with Gasteiger partial charge in [-0.15, -0.1) is 0 Å². The maximum atomic E-state index is 12.3. The predicted octanol–water partition coefficient (Wildman–Crippen LogP) is 1.02. The van der Waals surface area contributed by atoms with E-state index in [-0.39, 0.29) is 12.3 Å². The van der Waals surface area contributed by atoms with E-state index in [0.717, 1.165) is 5.56 Å². The van der Waals surface area contributed by atoms with Gasteiger partial charge in [-0.1, -0.05) is 18.2 Å². The zero-order valence-corrected chi connectivity index (χ0v) is 13.3. The zero-order valence-electron chi connectivity index (χ0n) is 13.3. The Kier molecular flexibility index (Phi) is 6.21. The first-order valence-electron chi connectivity index (χ1n) is 7.47. The average molecular weight is 341 g/mol. The molecule has 0 aliphatic rings. The fraction of sp³-hybridized carbons (Fsp3) is 0.118. The van der Waals surface area contributed by atoms with E-state index in [1.54, 1.807) is 48.5 Å². The zero-order chi connectivity index (χ0) is 18.2. The second-order valence-corrected chi connectivity index (χ2v) is 5.28. The third-order valence-electron chi connectivity index (χ3n) is 3.38. The van der Waals surface area contributed by atoms with Gasteiger partial charge in [-0.25, -0.2) is 10.8 Å². The molecule has 130 valence electrons. The van der Waals surface area contributed by atoms with Crippen molar-refractivity contribution in [1.82, 2.24) is 5.43 Å². The van der Waals surface area contributed by atoms with Crippen LogP contribution < -0.4 is 22.3 Å². The number of carbonyl (C=O) groups excluding carboxylic acids is 1. The number of hydrogen-bond donors (Lipinski definition) is 5. The summed E-state index contributed by atoms with van der Waals surface area (Å²) in [6, 6.07) is 12.7. The number of benzene rings is 2. The van der Waals surface area contributed by atoms with Crippen LogP contribution in [-0.2, 0) is 11.2 Å². The molecule has 0 aliphatic carbocycles. The quantitative estimate of drug-likeness (QED) is 0.220. The molecule has 0 spiro atoms. The van der Waals surface area contributed by atoms with Crippen LogP contribution in [0.4, 0.5) is 11.4 Å². The average Bonchev–Trinajstić information content (AvgIpc) is 2.61. The summed E-state index contributed by atoms with van der Waals surface area (Å²) in [4.78, 5) is 27.1. The lowest BCUT2D eigenvalue weighted by atomic mass is 10.1. The molecule has 2 aromatic carbocycles. The lowest BCUT2D eigenvalue weighted by Crippen LogP contribution is -2.32. The van der Waals surface area contributed by atoms with Crippen LogP contribution in [-0.4, -0.2) is 29.4 Å². The molecule has 1 amide bonds. The van der Waals surface area contributed by atoms with Gasteiger partial charge >= 0.3 is 5.97 Å². The fourth-order valence-electron chi connectivity index (χ4n) is 2.11. The Morgan fingerprint density at radius 2 is 1.92 bits per heavy atom. The highest BCUT2D eigenvalue weighted by molar-refractivity contribution is 6.04. The highest BCUT2D eigenvalue weighted by Gasteiger charge is 2.12. The Labute approximate surface area is 144 Å². The number of carboxylic acids is 1. The third kappa shape index (κ3) is 5.41. The standard InChI is InChI=1S/C17H19N5O3/c18-15(17(24)25)8-11-4-6-13(7-5-11)22-16(23)12-2-1-3-14(9-12)20-10-21-19/h1-7,9-10,15H,8,18-19H2,(H,20,21)(H,22,23)(H,24,25). The van der Waals surface area contributed by atoms with Crippen molar-refractivity contribution >= 4 is 29.6 Å². The Morgan fingerprint density at radius 1 is 1.20 bits per heavy atom. The van der Waals surface area contributed by atoms with Crippen molar-refractivity contribution in [2.75, 3.05) is 5.32 Å². The Hall–Kier alpha value is -3.23. The van der Waals surface area contributed by atoms with Gasteiger partial charge in [-0.05, 0) is 42.3 Å². The number of aliphatic carboxylic acids is 1. The summed E-state index contributed by atoms with van der Waals surface area (Å²) in [7, 11) is 0. The van der Waals surface area contributed by atoms with Gasteiger partial charge in [0, 0.05) is 11.3 Å². The number of carbonyl (C=O) groups is 2. The first kappa shape index (κ1) is 18.1. The van der Waals surface area contributed by atoms with E-state index in [0.29, 0.717) is 16.9 Å².